The highest BCUT2D eigenvalue weighted by molar-refractivity contribution is 5.40. The first kappa shape index (κ1) is 15.4. The first-order valence-corrected chi connectivity index (χ1v) is 6.75. The number of aryl methyl sites for hydroxylation is 2. The molecule has 112 valence electrons. The lowest BCUT2D eigenvalue weighted by Gasteiger charge is -2.20. The molecular formula is C17H19F2NO. The summed E-state index contributed by atoms with van der Waals surface area (Å²) in [4.78, 5) is 0. The highest BCUT2D eigenvalue weighted by atomic mass is 19.1. The van der Waals surface area contributed by atoms with Crippen molar-refractivity contribution in [3.8, 4) is 5.75 Å². The van der Waals surface area contributed by atoms with Crippen LogP contribution in [0.3, 0.4) is 0 Å². The maximum absolute atomic E-state index is 14.2. The van der Waals surface area contributed by atoms with Crippen LogP contribution in [-0.4, -0.2) is 14.2 Å². The van der Waals surface area contributed by atoms with Gasteiger partial charge in [-0.25, -0.2) is 8.78 Å². The summed E-state index contributed by atoms with van der Waals surface area (Å²) in [6.07, 6.45) is 0. The van der Waals surface area contributed by atoms with Crippen molar-refractivity contribution >= 4 is 0 Å². The monoisotopic (exact) mass is 291 g/mol. The second-order valence-corrected chi connectivity index (χ2v) is 5.08. The van der Waals surface area contributed by atoms with Crippen LogP contribution in [-0.2, 0) is 0 Å². The number of ether oxygens (including phenoxy) is 1. The molecule has 0 aromatic heterocycles. The summed E-state index contributed by atoms with van der Waals surface area (Å²) in [6, 6.07) is 7.90. The molecule has 0 bridgehead atoms. The summed E-state index contributed by atoms with van der Waals surface area (Å²) in [5, 5.41) is 3.08. The van der Waals surface area contributed by atoms with Crippen LogP contribution in [0.25, 0.3) is 0 Å². The van der Waals surface area contributed by atoms with Crippen LogP contribution in [0.5, 0.6) is 5.75 Å². The van der Waals surface area contributed by atoms with Gasteiger partial charge in [0.1, 0.15) is 17.4 Å². The summed E-state index contributed by atoms with van der Waals surface area (Å²) in [5.74, 6) is -0.102. The average molecular weight is 291 g/mol. The van der Waals surface area contributed by atoms with Gasteiger partial charge in [-0.15, -0.1) is 0 Å². The molecule has 0 aliphatic rings. The molecule has 0 radical (unpaired) electrons. The molecule has 2 aromatic rings. The third-order valence-corrected chi connectivity index (χ3v) is 3.60. The minimum Gasteiger partial charge on any atom is -0.497 e. The third kappa shape index (κ3) is 3.05. The van der Waals surface area contributed by atoms with Gasteiger partial charge in [-0.1, -0.05) is 18.2 Å². The smallest absolute Gasteiger partial charge is 0.132 e. The van der Waals surface area contributed by atoms with Crippen molar-refractivity contribution in [1.29, 1.82) is 0 Å². The molecule has 1 atom stereocenters. The highest BCUT2D eigenvalue weighted by Gasteiger charge is 2.18. The zero-order chi connectivity index (χ0) is 15.6. The summed E-state index contributed by atoms with van der Waals surface area (Å²) in [7, 11) is 3.25. The molecule has 0 saturated heterocycles. The fraction of sp³-hybridized carbons (Fsp3) is 0.294. The van der Waals surface area contributed by atoms with Gasteiger partial charge in [-0.2, -0.15) is 0 Å². The van der Waals surface area contributed by atoms with Gasteiger partial charge >= 0.3 is 0 Å². The number of rotatable bonds is 4. The lowest BCUT2D eigenvalue weighted by Crippen LogP contribution is -2.19. The van der Waals surface area contributed by atoms with Gasteiger partial charge in [0.2, 0.25) is 0 Å². The molecule has 0 amide bonds. The Morgan fingerprint density at radius 1 is 1.05 bits per heavy atom. The lowest BCUT2D eigenvalue weighted by atomic mass is 9.95. The second kappa shape index (κ2) is 6.22. The van der Waals surface area contributed by atoms with Crippen LogP contribution in [0.1, 0.15) is 28.3 Å². The molecule has 0 spiro atoms. The van der Waals surface area contributed by atoms with Crippen molar-refractivity contribution in [1.82, 2.24) is 5.32 Å². The molecule has 0 heterocycles. The summed E-state index contributed by atoms with van der Waals surface area (Å²) < 4.78 is 33.0. The van der Waals surface area contributed by atoms with Crippen molar-refractivity contribution < 1.29 is 13.5 Å². The van der Waals surface area contributed by atoms with Crippen molar-refractivity contribution in [2.45, 2.75) is 19.9 Å². The molecule has 4 heteroatoms. The fourth-order valence-electron chi connectivity index (χ4n) is 2.52. The zero-order valence-electron chi connectivity index (χ0n) is 12.6. The van der Waals surface area contributed by atoms with Crippen LogP contribution in [0.15, 0.2) is 30.3 Å². The lowest BCUT2D eigenvalue weighted by molar-refractivity contribution is 0.410. The van der Waals surface area contributed by atoms with Crippen molar-refractivity contribution in [3.63, 3.8) is 0 Å². The average Bonchev–Trinajstić information content (AvgIpc) is 2.46. The molecule has 1 N–H and O–H groups in total. The Morgan fingerprint density at radius 3 is 2.14 bits per heavy atom. The Balaban J connectivity index is 2.49. The molecule has 2 aromatic carbocycles. The van der Waals surface area contributed by atoms with Gasteiger partial charge in [0.25, 0.3) is 0 Å². The Kier molecular flexibility index (Phi) is 4.58. The minimum absolute atomic E-state index is 0.219. The van der Waals surface area contributed by atoms with E-state index in [9.17, 15) is 8.78 Å². The molecule has 0 aliphatic carbocycles. The van der Waals surface area contributed by atoms with Gasteiger partial charge < -0.3 is 10.1 Å². The molecule has 0 fully saturated rings. The van der Waals surface area contributed by atoms with Crippen LogP contribution in [0.2, 0.25) is 0 Å². The Morgan fingerprint density at radius 2 is 1.67 bits per heavy atom. The minimum atomic E-state index is -0.353. The van der Waals surface area contributed by atoms with Gasteiger partial charge in [-0.3, -0.25) is 0 Å². The van der Waals surface area contributed by atoms with Gasteiger partial charge in [-0.05, 0) is 43.7 Å². The van der Waals surface area contributed by atoms with E-state index in [4.69, 9.17) is 4.74 Å². The van der Waals surface area contributed by atoms with Gasteiger partial charge in [0.05, 0.1) is 13.2 Å². The molecule has 2 rings (SSSR count). The standard InChI is InChI=1S/C17H19F2NO/c1-10-7-12(8-11(2)16(10)19)17(20-3)14-6-5-13(21-4)9-15(14)18/h5-9,17,20H,1-4H3. The first-order chi connectivity index (χ1) is 9.97. The second-order valence-electron chi connectivity index (χ2n) is 5.08. The third-order valence-electron chi connectivity index (χ3n) is 3.60. The maximum atomic E-state index is 14.2. The first-order valence-electron chi connectivity index (χ1n) is 6.75. The Hall–Kier alpha value is -1.94. The highest BCUT2D eigenvalue weighted by Crippen LogP contribution is 2.29. The van der Waals surface area contributed by atoms with Gasteiger partial charge in [0.15, 0.2) is 0 Å². The fourth-order valence-corrected chi connectivity index (χ4v) is 2.52. The van der Waals surface area contributed by atoms with E-state index in [2.05, 4.69) is 5.32 Å². The van der Waals surface area contributed by atoms with E-state index in [1.54, 1.807) is 45.2 Å². The summed E-state index contributed by atoms with van der Waals surface area (Å²) >= 11 is 0. The van der Waals surface area contributed by atoms with Crippen molar-refractivity contribution in [3.05, 3.63) is 64.2 Å². The predicted molar refractivity (Wildman–Crippen MR) is 79.7 cm³/mol. The van der Waals surface area contributed by atoms with E-state index >= 15 is 0 Å². The SMILES string of the molecule is CNC(c1cc(C)c(F)c(C)c1)c1ccc(OC)cc1F. The number of benzene rings is 2. The number of halogens is 2. The van der Waals surface area contributed by atoms with Crippen LogP contribution < -0.4 is 10.1 Å². The molecule has 21 heavy (non-hydrogen) atoms. The molecule has 1 unspecified atom stereocenters. The van der Waals surface area contributed by atoms with E-state index in [0.29, 0.717) is 22.4 Å². The van der Waals surface area contributed by atoms with Gasteiger partial charge in [0, 0.05) is 11.6 Å². The molecule has 0 aliphatic heterocycles. The van der Waals surface area contributed by atoms with E-state index in [1.807, 2.05) is 0 Å². The summed E-state index contributed by atoms with van der Waals surface area (Å²) in [6.45, 7) is 3.42. The quantitative estimate of drug-likeness (QED) is 0.922. The van der Waals surface area contributed by atoms with E-state index < -0.39 is 0 Å². The van der Waals surface area contributed by atoms with E-state index in [-0.39, 0.29) is 17.7 Å². The molecule has 2 nitrogen and oxygen atoms in total. The maximum Gasteiger partial charge on any atom is 0.132 e. The Bertz CT molecular complexity index is 632. The van der Waals surface area contributed by atoms with Crippen LogP contribution in [0, 0.1) is 25.5 Å². The topological polar surface area (TPSA) is 21.3 Å². The number of methoxy groups -OCH3 is 1. The Labute approximate surface area is 123 Å². The molecule has 0 saturated carbocycles. The van der Waals surface area contributed by atoms with E-state index in [1.165, 1.54) is 13.2 Å². The summed E-state index contributed by atoms with van der Waals surface area (Å²) in [5.41, 5.74) is 2.44. The van der Waals surface area contributed by atoms with Crippen LogP contribution in [0.4, 0.5) is 8.78 Å². The normalized spacial score (nSPS) is 12.3. The largest absolute Gasteiger partial charge is 0.497 e. The van der Waals surface area contributed by atoms with Crippen molar-refractivity contribution in [2.75, 3.05) is 14.2 Å². The molecular weight excluding hydrogens is 272 g/mol. The van der Waals surface area contributed by atoms with Crippen molar-refractivity contribution in [2.24, 2.45) is 0 Å². The van der Waals surface area contributed by atoms with E-state index in [0.717, 1.165) is 5.56 Å². The number of hydrogen-bond donors (Lipinski definition) is 1. The predicted octanol–water partition coefficient (Wildman–Crippen LogP) is 3.90. The number of nitrogens with one attached hydrogen (secondary N) is 1. The number of hydrogen-bond acceptors (Lipinski definition) is 2. The van der Waals surface area contributed by atoms with Crippen LogP contribution >= 0.6 is 0 Å². The zero-order valence-corrected chi connectivity index (χ0v) is 12.6.